The van der Waals surface area contributed by atoms with Crippen LogP contribution in [0.2, 0.25) is 0 Å². The number of hydrogen-bond acceptors (Lipinski definition) is 4. The Labute approximate surface area is 102 Å². The highest BCUT2D eigenvalue weighted by Gasteiger charge is 2.22. The lowest BCUT2D eigenvalue weighted by Gasteiger charge is -2.30. The van der Waals surface area contributed by atoms with E-state index in [1.807, 2.05) is 18.2 Å². The summed E-state index contributed by atoms with van der Waals surface area (Å²) in [4.78, 5) is 2.33. The topological polar surface area (TPSA) is 47.7 Å². The van der Waals surface area contributed by atoms with Crippen LogP contribution in [0.5, 0.6) is 11.5 Å². The maximum atomic E-state index is 5.90. The first kappa shape index (κ1) is 12.0. The van der Waals surface area contributed by atoms with E-state index in [1.54, 1.807) is 0 Å². The summed E-state index contributed by atoms with van der Waals surface area (Å²) < 4.78 is 11.6. The number of nitrogens with two attached hydrogens (primary N) is 1. The van der Waals surface area contributed by atoms with Gasteiger partial charge >= 0.3 is 0 Å². The SMILES string of the molecule is CCN(CC)C[C@@H]1COc2cc(N)ccc2O1. The highest BCUT2D eigenvalue weighted by atomic mass is 16.6. The first-order valence-electron chi connectivity index (χ1n) is 6.14. The van der Waals surface area contributed by atoms with Crippen molar-refractivity contribution in [1.82, 2.24) is 4.90 Å². The normalized spacial score (nSPS) is 18.4. The van der Waals surface area contributed by atoms with Crippen molar-refractivity contribution in [3.05, 3.63) is 18.2 Å². The van der Waals surface area contributed by atoms with Crippen LogP contribution in [-0.4, -0.2) is 37.2 Å². The predicted octanol–water partition coefficient (Wildman–Crippen LogP) is 1.75. The Morgan fingerprint density at radius 3 is 2.76 bits per heavy atom. The van der Waals surface area contributed by atoms with Crippen molar-refractivity contribution in [3.63, 3.8) is 0 Å². The zero-order chi connectivity index (χ0) is 12.3. The third-order valence-corrected chi connectivity index (χ3v) is 3.04. The Kier molecular flexibility index (Phi) is 3.74. The second kappa shape index (κ2) is 5.27. The van der Waals surface area contributed by atoms with Crippen LogP contribution in [0.4, 0.5) is 5.69 Å². The molecule has 0 fully saturated rings. The summed E-state index contributed by atoms with van der Waals surface area (Å²) in [7, 11) is 0. The molecule has 1 aliphatic heterocycles. The molecule has 0 spiro atoms. The molecule has 1 aliphatic rings. The Hall–Kier alpha value is -1.42. The Balaban J connectivity index is 2.01. The van der Waals surface area contributed by atoms with Gasteiger partial charge in [-0.1, -0.05) is 13.8 Å². The van der Waals surface area contributed by atoms with Crippen LogP contribution in [0, 0.1) is 0 Å². The van der Waals surface area contributed by atoms with Crippen molar-refractivity contribution in [2.45, 2.75) is 20.0 Å². The molecule has 0 saturated carbocycles. The largest absolute Gasteiger partial charge is 0.486 e. The van der Waals surface area contributed by atoms with Crippen LogP contribution in [-0.2, 0) is 0 Å². The number of benzene rings is 1. The van der Waals surface area contributed by atoms with Gasteiger partial charge in [0.2, 0.25) is 0 Å². The fourth-order valence-electron chi connectivity index (χ4n) is 1.99. The third kappa shape index (κ3) is 2.82. The Morgan fingerprint density at radius 2 is 2.06 bits per heavy atom. The molecular formula is C13H20N2O2. The molecule has 0 aromatic heterocycles. The Bertz CT molecular complexity index is 378. The van der Waals surface area contributed by atoms with Crippen molar-refractivity contribution in [2.75, 3.05) is 32.0 Å². The molecule has 0 aliphatic carbocycles. The lowest BCUT2D eigenvalue weighted by atomic mass is 10.2. The average Bonchev–Trinajstić information content (AvgIpc) is 2.36. The minimum atomic E-state index is 0.103. The molecule has 94 valence electrons. The van der Waals surface area contributed by atoms with Crippen LogP contribution in [0.1, 0.15) is 13.8 Å². The van der Waals surface area contributed by atoms with E-state index in [0.29, 0.717) is 12.3 Å². The number of nitrogen functional groups attached to an aromatic ring is 1. The highest BCUT2D eigenvalue weighted by molar-refractivity contribution is 5.52. The van der Waals surface area contributed by atoms with Gasteiger partial charge in [-0.2, -0.15) is 0 Å². The van der Waals surface area contributed by atoms with Crippen LogP contribution in [0.3, 0.4) is 0 Å². The van der Waals surface area contributed by atoms with Crippen molar-refractivity contribution < 1.29 is 9.47 Å². The molecule has 1 aromatic rings. The molecule has 0 radical (unpaired) electrons. The Morgan fingerprint density at radius 1 is 1.29 bits per heavy atom. The van der Waals surface area contributed by atoms with E-state index in [1.165, 1.54) is 0 Å². The zero-order valence-electron chi connectivity index (χ0n) is 10.5. The molecule has 17 heavy (non-hydrogen) atoms. The summed E-state index contributed by atoms with van der Waals surface area (Å²) in [6.45, 7) is 7.86. The molecule has 1 aromatic carbocycles. The molecule has 2 N–H and O–H groups in total. The molecule has 4 heteroatoms. The predicted molar refractivity (Wildman–Crippen MR) is 68.6 cm³/mol. The van der Waals surface area contributed by atoms with E-state index < -0.39 is 0 Å². The van der Waals surface area contributed by atoms with E-state index in [2.05, 4.69) is 18.7 Å². The van der Waals surface area contributed by atoms with Gasteiger partial charge in [0.15, 0.2) is 11.5 Å². The number of hydrogen-bond donors (Lipinski definition) is 1. The minimum absolute atomic E-state index is 0.103. The summed E-state index contributed by atoms with van der Waals surface area (Å²) in [5, 5.41) is 0. The van der Waals surface area contributed by atoms with Crippen LogP contribution in [0.15, 0.2) is 18.2 Å². The van der Waals surface area contributed by atoms with E-state index >= 15 is 0 Å². The minimum Gasteiger partial charge on any atom is -0.486 e. The van der Waals surface area contributed by atoms with Crippen LogP contribution in [0.25, 0.3) is 0 Å². The third-order valence-electron chi connectivity index (χ3n) is 3.04. The number of fused-ring (bicyclic) bond motifs is 1. The number of anilines is 1. The maximum Gasteiger partial charge on any atom is 0.163 e. The molecule has 0 bridgehead atoms. The van der Waals surface area contributed by atoms with Gasteiger partial charge < -0.3 is 20.1 Å². The van der Waals surface area contributed by atoms with Gasteiger partial charge in [-0.05, 0) is 25.2 Å². The van der Waals surface area contributed by atoms with E-state index in [0.717, 1.165) is 31.1 Å². The standard InChI is InChI=1S/C13H20N2O2/c1-3-15(4-2)8-11-9-16-13-7-10(14)5-6-12(13)17-11/h5-7,11H,3-4,8-9,14H2,1-2H3/t11-/m1/s1. The molecule has 0 unspecified atom stereocenters. The number of likely N-dealkylation sites (N-methyl/N-ethyl adjacent to an activating group) is 1. The monoisotopic (exact) mass is 236 g/mol. The lowest BCUT2D eigenvalue weighted by Crippen LogP contribution is -2.40. The summed E-state index contributed by atoms with van der Waals surface area (Å²) in [5.41, 5.74) is 6.40. The van der Waals surface area contributed by atoms with Gasteiger partial charge in [0.05, 0.1) is 0 Å². The van der Waals surface area contributed by atoms with Gasteiger partial charge in [0.25, 0.3) is 0 Å². The van der Waals surface area contributed by atoms with Crippen molar-refractivity contribution >= 4 is 5.69 Å². The molecule has 0 saturated heterocycles. The zero-order valence-corrected chi connectivity index (χ0v) is 10.5. The smallest absolute Gasteiger partial charge is 0.163 e. The maximum absolute atomic E-state index is 5.90. The summed E-state index contributed by atoms with van der Waals surface area (Å²) in [5.74, 6) is 1.54. The quantitative estimate of drug-likeness (QED) is 0.809. The fourth-order valence-corrected chi connectivity index (χ4v) is 1.99. The second-order valence-corrected chi connectivity index (χ2v) is 4.24. The molecule has 4 nitrogen and oxygen atoms in total. The van der Waals surface area contributed by atoms with Gasteiger partial charge in [-0.3, -0.25) is 0 Å². The fraction of sp³-hybridized carbons (Fsp3) is 0.538. The molecule has 0 amide bonds. The van der Waals surface area contributed by atoms with Crippen LogP contribution < -0.4 is 15.2 Å². The van der Waals surface area contributed by atoms with E-state index in [-0.39, 0.29) is 6.10 Å². The number of ether oxygens (including phenoxy) is 2. The molecular weight excluding hydrogens is 216 g/mol. The van der Waals surface area contributed by atoms with Crippen molar-refractivity contribution in [3.8, 4) is 11.5 Å². The van der Waals surface area contributed by atoms with Gasteiger partial charge in [0, 0.05) is 18.3 Å². The van der Waals surface area contributed by atoms with Crippen LogP contribution >= 0.6 is 0 Å². The first-order valence-corrected chi connectivity index (χ1v) is 6.14. The summed E-state index contributed by atoms with van der Waals surface area (Å²) in [6, 6.07) is 5.52. The first-order chi connectivity index (χ1) is 8.22. The van der Waals surface area contributed by atoms with Gasteiger partial charge in [0.1, 0.15) is 12.7 Å². The second-order valence-electron chi connectivity index (χ2n) is 4.24. The molecule has 2 rings (SSSR count). The lowest BCUT2D eigenvalue weighted by molar-refractivity contribution is 0.0616. The molecule has 1 atom stereocenters. The number of nitrogens with zero attached hydrogens (tertiary/aromatic N) is 1. The molecule has 1 heterocycles. The summed E-state index contributed by atoms with van der Waals surface area (Å²) >= 11 is 0. The van der Waals surface area contributed by atoms with Gasteiger partial charge in [-0.25, -0.2) is 0 Å². The van der Waals surface area contributed by atoms with E-state index in [9.17, 15) is 0 Å². The van der Waals surface area contributed by atoms with Crippen molar-refractivity contribution in [1.29, 1.82) is 0 Å². The van der Waals surface area contributed by atoms with Gasteiger partial charge in [-0.15, -0.1) is 0 Å². The van der Waals surface area contributed by atoms with Crippen molar-refractivity contribution in [2.24, 2.45) is 0 Å². The highest BCUT2D eigenvalue weighted by Crippen LogP contribution is 2.33. The number of rotatable bonds is 4. The average molecular weight is 236 g/mol. The summed E-state index contributed by atoms with van der Waals surface area (Å²) in [6.07, 6.45) is 0.103. The van der Waals surface area contributed by atoms with E-state index in [4.69, 9.17) is 15.2 Å².